The molecular formula is C22H18N6O2. The maximum atomic E-state index is 12.9. The lowest BCUT2D eigenvalue weighted by Gasteiger charge is -2.17. The molecule has 0 aliphatic carbocycles. The minimum atomic E-state index is -0.315. The van der Waals surface area contributed by atoms with E-state index in [0.717, 1.165) is 28.6 Å². The van der Waals surface area contributed by atoms with E-state index in [1.54, 1.807) is 30.6 Å². The third-order valence-electron chi connectivity index (χ3n) is 5.05. The molecule has 4 N–H and O–H groups in total. The zero-order valence-corrected chi connectivity index (χ0v) is 15.9. The maximum absolute atomic E-state index is 12.9. The number of amides is 2. The van der Waals surface area contributed by atoms with Gasteiger partial charge in [0.05, 0.1) is 17.3 Å². The zero-order valence-electron chi connectivity index (χ0n) is 15.9. The largest absolute Gasteiger partial charge is 0.352 e. The molecule has 0 fully saturated rings. The number of pyridine rings is 1. The van der Waals surface area contributed by atoms with Crippen LogP contribution >= 0.6 is 0 Å². The SMILES string of the molecule is O=C1NCCc2ccc(NC(=O)c3cccnc3Nc3ccc4cn[nH]c4c3)cc21. The molecule has 0 bridgehead atoms. The fourth-order valence-electron chi connectivity index (χ4n) is 3.53. The summed E-state index contributed by atoms with van der Waals surface area (Å²) in [7, 11) is 0. The van der Waals surface area contributed by atoms with Crippen LogP contribution in [0.2, 0.25) is 0 Å². The van der Waals surface area contributed by atoms with Gasteiger partial charge in [-0.2, -0.15) is 5.10 Å². The third kappa shape index (κ3) is 3.35. The molecule has 8 nitrogen and oxygen atoms in total. The summed E-state index contributed by atoms with van der Waals surface area (Å²) >= 11 is 0. The Kier molecular flexibility index (Phi) is 4.36. The van der Waals surface area contributed by atoms with E-state index >= 15 is 0 Å². The first kappa shape index (κ1) is 17.9. The number of aromatic nitrogens is 3. The number of hydrogen-bond donors (Lipinski definition) is 4. The Balaban J connectivity index is 1.40. The fraction of sp³-hybridized carbons (Fsp3) is 0.0909. The summed E-state index contributed by atoms with van der Waals surface area (Å²) in [5.41, 5.74) is 4.19. The van der Waals surface area contributed by atoms with Gasteiger partial charge in [0, 0.05) is 35.1 Å². The van der Waals surface area contributed by atoms with Crippen LogP contribution in [-0.4, -0.2) is 33.5 Å². The van der Waals surface area contributed by atoms with Crippen molar-refractivity contribution in [2.45, 2.75) is 6.42 Å². The van der Waals surface area contributed by atoms with Gasteiger partial charge in [-0.15, -0.1) is 0 Å². The molecule has 0 saturated carbocycles. The highest BCUT2D eigenvalue weighted by Crippen LogP contribution is 2.24. The number of H-pyrrole nitrogens is 1. The first-order valence-electron chi connectivity index (χ1n) is 9.55. The van der Waals surface area contributed by atoms with Crippen LogP contribution < -0.4 is 16.0 Å². The van der Waals surface area contributed by atoms with Gasteiger partial charge in [-0.25, -0.2) is 4.98 Å². The van der Waals surface area contributed by atoms with Crippen LogP contribution in [0.5, 0.6) is 0 Å². The molecule has 148 valence electrons. The fourth-order valence-corrected chi connectivity index (χ4v) is 3.53. The predicted molar refractivity (Wildman–Crippen MR) is 114 cm³/mol. The van der Waals surface area contributed by atoms with E-state index in [-0.39, 0.29) is 11.8 Å². The number of fused-ring (bicyclic) bond motifs is 2. The molecule has 4 aromatic rings. The van der Waals surface area contributed by atoms with Crippen LogP contribution in [0, 0.1) is 0 Å². The highest BCUT2D eigenvalue weighted by atomic mass is 16.2. The second-order valence-electron chi connectivity index (χ2n) is 7.03. The average Bonchev–Trinajstić information content (AvgIpc) is 3.23. The van der Waals surface area contributed by atoms with E-state index in [4.69, 9.17) is 0 Å². The monoisotopic (exact) mass is 398 g/mol. The molecule has 0 radical (unpaired) electrons. The molecule has 2 aromatic heterocycles. The molecule has 1 aliphatic heterocycles. The van der Waals surface area contributed by atoms with Gasteiger partial charge in [-0.1, -0.05) is 6.07 Å². The quantitative estimate of drug-likeness (QED) is 0.422. The number of carbonyl (C=O) groups excluding carboxylic acids is 2. The van der Waals surface area contributed by atoms with Crippen LogP contribution in [0.25, 0.3) is 10.9 Å². The van der Waals surface area contributed by atoms with Crippen molar-refractivity contribution in [3.63, 3.8) is 0 Å². The van der Waals surface area contributed by atoms with Crippen LogP contribution in [-0.2, 0) is 6.42 Å². The third-order valence-corrected chi connectivity index (χ3v) is 5.05. The van der Waals surface area contributed by atoms with Gasteiger partial charge in [0.15, 0.2) is 0 Å². The molecule has 2 amide bonds. The van der Waals surface area contributed by atoms with Gasteiger partial charge in [0.1, 0.15) is 5.82 Å². The van der Waals surface area contributed by atoms with Gasteiger partial charge >= 0.3 is 0 Å². The molecular weight excluding hydrogens is 380 g/mol. The van der Waals surface area contributed by atoms with Gasteiger partial charge in [0.2, 0.25) is 0 Å². The highest BCUT2D eigenvalue weighted by Gasteiger charge is 2.18. The molecule has 0 atom stereocenters. The van der Waals surface area contributed by atoms with Crippen LogP contribution in [0.1, 0.15) is 26.3 Å². The molecule has 1 aliphatic rings. The number of nitrogens with zero attached hydrogens (tertiary/aromatic N) is 2. The summed E-state index contributed by atoms with van der Waals surface area (Å²) in [5, 5.41) is 16.8. The normalized spacial score (nSPS) is 12.9. The standard InChI is InChI=1S/C22H18N6O2/c29-21-18-10-15(5-3-13(18)7-9-24-21)27-22(30)17-2-1-8-23-20(17)26-16-6-4-14-12-25-28-19(14)11-16/h1-6,8,10-12H,7,9H2,(H,23,26)(H,24,29)(H,25,28)(H,27,30). The molecule has 2 aromatic carbocycles. The number of benzene rings is 2. The molecule has 0 spiro atoms. The van der Waals surface area contributed by atoms with Gasteiger partial charge < -0.3 is 16.0 Å². The zero-order chi connectivity index (χ0) is 20.5. The first-order chi connectivity index (χ1) is 14.7. The smallest absolute Gasteiger partial charge is 0.259 e. The lowest BCUT2D eigenvalue weighted by molar-refractivity contribution is 0.0944. The summed E-state index contributed by atoms with van der Waals surface area (Å²) in [4.78, 5) is 29.3. The molecule has 0 saturated heterocycles. The Morgan fingerprint density at radius 3 is 2.90 bits per heavy atom. The van der Waals surface area contributed by atoms with Gasteiger partial charge in [-0.05, 0) is 54.4 Å². The van der Waals surface area contributed by atoms with Crippen molar-refractivity contribution in [1.29, 1.82) is 0 Å². The molecule has 5 rings (SSSR count). The Hall–Kier alpha value is -4.20. The number of rotatable bonds is 4. The second-order valence-corrected chi connectivity index (χ2v) is 7.03. The van der Waals surface area contributed by atoms with E-state index in [0.29, 0.717) is 29.2 Å². The van der Waals surface area contributed by atoms with E-state index in [9.17, 15) is 9.59 Å². The van der Waals surface area contributed by atoms with Crippen LogP contribution in [0.15, 0.2) is 60.9 Å². The lowest BCUT2D eigenvalue weighted by atomic mass is 10.00. The summed E-state index contributed by atoms with van der Waals surface area (Å²) < 4.78 is 0. The first-order valence-corrected chi connectivity index (χ1v) is 9.55. The average molecular weight is 398 g/mol. The van der Waals surface area contributed by atoms with Gasteiger partial charge in [-0.3, -0.25) is 14.7 Å². The summed E-state index contributed by atoms with van der Waals surface area (Å²) in [6, 6.07) is 14.5. The van der Waals surface area contributed by atoms with E-state index in [1.165, 1.54) is 0 Å². The summed E-state index contributed by atoms with van der Waals surface area (Å²) in [6.07, 6.45) is 4.15. The highest BCUT2D eigenvalue weighted by molar-refractivity contribution is 6.08. The Bertz CT molecular complexity index is 1280. The van der Waals surface area contributed by atoms with Crippen molar-refractivity contribution < 1.29 is 9.59 Å². The lowest BCUT2D eigenvalue weighted by Crippen LogP contribution is -2.31. The Morgan fingerprint density at radius 1 is 1.07 bits per heavy atom. The number of anilines is 3. The van der Waals surface area contributed by atoms with E-state index < -0.39 is 0 Å². The summed E-state index contributed by atoms with van der Waals surface area (Å²) in [6.45, 7) is 0.632. The van der Waals surface area contributed by atoms with E-state index in [1.807, 2.05) is 30.3 Å². The van der Waals surface area contributed by atoms with Crippen molar-refractivity contribution in [3.8, 4) is 0 Å². The van der Waals surface area contributed by atoms with Crippen molar-refractivity contribution in [2.24, 2.45) is 0 Å². The maximum Gasteiger partial charge on any atom is 0.259 e. The minimum Gasteiger partial charge on any atom is -0.352 e. The number of aromatic amines is 1. The molecule has 3 heterocycles. The van der Waals surface area contributed by atoms with Crippen LogP contribution in [0.3, 0.4) is 0 Å². The van der Waals surface area contributed by atoms with Crippen LogP contribution in [0.4, 0.5) is 17.2 Å². The molecule has 8 heteroatoms. The topological polar surface area (TPSA) is 112 Å². The summed E-state index contributed by atoms with van der Waals surface area (Å²) in [5.74, 6) is -0.000708. The minimum absolute atomic E-state index is 0.120. The van der Waals surface area contributed by atoms with Crippen molar-refractivity contribution >= 4 is 39.9 Å². The Morgan fingerprint density at radius 2 is 1.97 bits per heavy atom. The molecule has 0 unspecified atom stereocenters. The van der Waals surface area contributed by atoms with Crippen molar-refractivity contribution in [1.82, 2.24) is 20.5 Å². The number of hydrogen-bond acceptors (Lipinski definition) is 5. The van der Waals surface area contributed by atoms with E-state index in [2.05, 4.69) is 31.1 Å². The predicted octanol–water partition coefficient (Wildman–Crippen LogP) is 3.24. The molecule has 30 heavy (non-hydrogen) atoms. The van der Waals surface area contributed by atoms with Crippen molar-refractivity contribution in [2.75, 3.05) is 17.2 Å². The number of nitrogens with one attached hydrogen (secondary N) is 4. The van der Waals surface area contributed by atoms with Crippen molar-refractivity contribution in [3.05, 3.63) is 77.6 Å². The second kappa shape index (κ2) is 7.32. The van der Waals surface area contributed by atoms with Gasteiger partial charge in [0.25, 0.3) is 11.8 Å². The number of carbonyl (C=O) groups is 2. The Labute approximate surface area is 171 Å².